The van der Waals surface area contributed by atoms with Gasteiger partial charge in [-0.3, -0.25) is 0 Å². The highest BCUT2D eigenvalue weighted by Gasteiger charge is 2.15. The minimum atomic E-state index is 0.155. The average molecular weight is 287 g/mol. The van der Waals surface area contributed by atoms with Crippen molar-refractivity contribution >= 4 is 5.69 Å². The quantitative estimate of drug-likeness (QED) is 0.667. The van der Waals surface area contributed by atoms with Gasteiger partial charge >= 0.3 is 0 Å². The Balaban J connectivity index is 2.03. The maximum Gasteiger partial charge on any atom is 0.0767 e. The Morgan fingerprint density at radius 1 is 0.591 bits per heavy atom. The van der Waals surface area contributed by atoms with E-state index in [1.165, 1.54) is 27.9 Å². The van der Waals surface area contributed by atoms with Gasteiger partial charge in [0.15, 0.2) is 0 Å². The Hall–Kier alpha value is -2.54. The largest absolute Gasteiger partial charge is 0.374 e. The summed E-state index contributed by atoms with van der Waals surface area (Å²) in [7, 11) is 0. The molecule has 110 valence electrons. The molecule has 0 heterocycles. The number of nitrogens with one attached hydrogen (secondary N) is 1. The van der Waals surface area contributed by atoms with E-state index < -0.39 is 0 Å². The summed E-state index contributed by atoms with van der Waals surface area (Å²) in [6, 6.07) is 27.8. The second-order valence-electron chi connectivity index (χ2n) is 5.67. The molecule has 0 aliphatic rings. The van der Waals surface area contributed by atoms with E-state index in [4.69, 9.17) is 0 Å². The molecule has 0 unspecified atom stereocenters. The third-order valence-electron chi connectivity index (χ3n) is 4.04. The highest BCUT2D eigenvalue weighted by Crippen LogP contribution is 2.29. The lowest BCUT2D eigenvalue weighted by molar-refractivity contribution is 0.933. The summed E-state index contributed by atoms with van der Waals surface area (Å²) in [5, 5.41) is 3.75. The van der Waals surface area contributed by atoms with Crippen molar-refractivity contribution in [3.63, 3.8) is 0 Å². The van der Waals surface area contributed by atoms with Crippen LogP contribution in [0, 0.1) is 13.8 Å². The lowest BCUT2D eigenvalue weighted by Crippen LogP contribution is -2.13. The number of hydrogen-bond donors (Lipinski definition) is 1. The van der Waals surface area contributed by atoms with Gasteiger partial charge in [0.05, 0.1) is 6.04 Å². The Morgan fingerprint density at radius 2 is 1.05 bits per heavy atom. The van der Waals surface area contributed by atoms with Crippen LogP contribution in [0.3, 0.4) is 0 Å². The van der Waals surface area contributed by atoms with Crippen molar-refractivity contribution < 1.29 is 0 Å². The van der Waals surface area contributed by atoms with Crippen LogP contribution in [-0.2, 0) is 0 Å². The van der Waals surface area contributed by atoms with Gasteiger partial charge in [-0.25, -0.2) is 0 Å². The predicted molar refractivity (Wildman–Crippen MR) is 94.3 cm³/mol. The fraction of sp³-hybridized carbons (Fsp3) is 0.143. The van der Waals surface area contributed by atoms with Crippen LogP contribution in [0.4, 0.5) is 5.69 Å². The highest BCUT2D eigenvalue weighted by atomic mass is 14.9. The highest BCUT2D eigenvalue weighted by molar-refractivity contribution is 5.59. The van der Waals surface area contributed by atoms with Crippen LogP contribution in [0.5, 0.6) is 0 Å². The third kappa shape index (κ3) is 3.04. The predicted octanol–water partition coefficient (Wildman–Crippen LogP) is 5.50. The molecule has 0 amide bonds. The van der Waals surface area contributed by atoms with E-state index in [9.17, 15) is 0 Å². The molecular weight excluding hydrogens is 266 g/mol. The van der Waals surface area contributed by atoms with Crippen molar-refractivity contribution in [2.75, 3.05) is 5.32 Å². The molecule has 0 saturated carbocycles. The summed E-state index contributed by atoms with van der Waals surface area (Å²) in [6.45, 7) is 4.31. The molecule has 1 nitrogen and oxygen atoms in total. The second-order valence-corrected chi connectivity index (χ2v) is 5.67. The molecule has 0 bridgehead atoms. The van der Waals surface area contributed by atoms with Crippen LogP contribution >= 0.6 is 0 Å². The number of benzene rings is 3. The first-order chi connectivity index (χ1) is 10.8. The molecule has 0 saturated heterocycles. The standard InChI is InChI=1S/C21H21N/c1-16-10-9-11-17(2)20(16)22-21(18-12-5-3-6-13-18)19-14-7-4-8-15-19/h3-15,21-22H,1-2H3. The molecule has 1 N–H and O–H groups in total. The molecule has 0 aliphatic carbocycles. The van der Waals surface area contributed by atoms with E-state index in [0.29, 0.717) is 0 Å². The van der Waals surface area contributed by atoms with E-state index >= 15 is 0 Å². The molecular formula is C21H21N. The minimum Gasteiger partial charge on any atom is -0.374 e. The average Bonchev–Trinajstić information content (AvgIpc) is 2.56. The van der Waals surface area contributed by atoms with Gasteiger partial charge in [-0.1, -0.05) is 78.9 Å². The number of anilines is 1. The zero-order valence-electron chi connectivity index (χ0n) is 13.1. The van der Waals surface area contributed by atoms with E-state index in [-0.39, 0.29) is 6.04 Å². The zero-order chi connectivity index (χ0) is 15.4. The molecule has 0 spiro atoms. The minimum absolute atomic E-state index is 0.155. The summed E-state index contributed by atoms with van der Waals surface area (Å²) < 4.78 is 0. The summed E-state index contributed by atoms with van der Waals surface area (Å²) >= 11 is 0. The van der Waals surface area contributed by atoms with Gasteiger partial charge in [0.1, 0.15) is 0 Å². The maximum atomic E-state index is 3.75. The Labute approximate surface area is 132 Å². The van der Waals surface area contributed by atoms with E-state index in [1.54, 1.807) is 0 Å². The lowest BCUT2D eigenvalue weighted by atomic mass is 9.97. The summed E-state index contributed by atoms with van der Waals surface area (Å²) in [4.78, 5) is 0. The maximum absolute atomic E-state index is 3.75. The van der Waals surface area contributed by atoms with E-state index in [2.05, 4.69) is 98.0 Å². The number of rotatable bonds is 4. The molecule has 0 radical (unpaired) electrons. The lowest BCUT2D eigenvalue weighted by Gasteiger charge is -2.23. The molecule has 3 rings (SSSR count). The van der Waals surface area contributed by atoms with Crippen molar-refractivity contribution in [2.45, 2.75) is 19.9 Å². The first-order valence-electron chi connectivity index (χ1n) is 7.68. The molecule has 0 aliphatic heterocycles. The summed E-state index contributed by atoms with van der Waals surface area (Å²) in [6.07, 6.45) is 0. The van der Waals surface area contributed by atoms with Crippen LogP contribution < -0.4 is 5.32 Å². The normalized spacial score (nSPS) is 10.7. The van der Waals surface area contributed by atoms with Gasteiger partial charge in [0.25, 0.3) is 0 Å². The second kappa shape index (κ2) is 6.48. The van der Waals surface area contributed by atoms with Crippen molar-refractivity contribution in [1.29, 1.82) is 0 Å². The van der Waals surface area contributed by atoms with Crippen molar-refractivity contribution in [1.82, 2.24) is 0 Å². The van der Waals surface area contributed by atoms with Crippen molar-refractivity contribution in [3.05, 3.63) is 101 Å². The molecule has 1 heteroatoms. The fourth-order valence-corrected chi connectivity index (χ4v) is 2.84. The molecule has 0 atom stereocenters. The topological polar surface area (TPSA) is 12.0 Å². The molecule has 3 aromatic rings. The Morgan fingerprint density at radius 3 is 1.50 bits per heavy atom. The van der Waals surface area contributed by atoms with Gasteiger partial charge < -0.3 is 5.32 Å². The molecule has 0 aromatic heterocycles. The van der Waals surface area contributed by atoms with Gasteiger partial charge in [0, 0.05) is 5.69 Å². The first-order valence-corrected chi connectivity index (χ1v) is 7.68. The number of hydrogen-bond acceptors (Lipinski definition) is 1. The van der Waals surface area contributed by atoms with Crippen molar-refractivity contribution in [3.8, 4) is 0 Å². The smallest absolute Gasteiger partial charge is 0.0767 e. The van der Waals surface area contributed by atoms with Gasteiger partial charge in [-0.05, 0) is 36.1 Å². The third-order valence-corrected chi connectivity index (χ3v) is 4.04. The fourth-order valence-electron chi connectivity index (χ4n) is 2.84. The van der Waals surface area contributed by atoms with Crippen LogP contribution in [-0.4, -0.2) is 0 Å². The summed E-state index contributed by atoms with van der Waals surface area (Å²) in [5.74, 6) is 0. The Kier molecular flexibility index (Phi) is 4.24. The van der Waals surface area contributed by atoms with Crippen LogP contribution in [0.25, 0.3) is 0 Å². The van der Waals surface area contributed by atoms with E-state index in [1.807, 2.05) is 0 Å². The van der Waals surface area contributed by atoms with Gasteiger partial charge in [-0.15, -0.1) is 0 Å². The van der Waals surface area contributed by atoms with Crippen LogP contribution in [0.1, 0.15) is 28.3 Å². The van der Waals surface area contributed by atoms with Crippen molar-refractivity contribution in [2.24, 2.45) is 0 Å². The SMILES string of the molecule is Cc1cccc(C)c1NC(c1ccccc1)c1ccccc1. The summed E-state index contributed by atoms with van der Waals surface area (Å²) in [5.41, 5.74) is 6.32. The van der Waals surface area contributed by atoms with Gasteiger partial charge in [-0.2, -0.15) is 0 Å². The number of para-hydroxylation sites is 1. The van der Waals surface area contributed by atoms with E-state index in [0.717, 1.165) is 0 Å². The molecule has 0 fully saturated rings. The van der Waals surface area contributed by atoms with Crippen LogP contribution in [0.15, 0.2) is 78.9 Å². The number of aryl methyl sites for hydroxylation is 2. The van der Waals surface area contributed by atoms with Gasteiger partial charge in [0.2, 0.25) is 0 Å². The van der Waals surface area contributed by atoms with Crippen LogP contribution in [0.2, 0.25) is 0 Å². The molecule has 3 aromatic carbocycles. The monoisotopic (exact) mass is 287 g/mol. The first kappa shape index (κ1) is 14.4. The zero-order valence-corrected chi connectivity index (χ0v) is 13.1. The molecule has 22 heavy (non-hydrogen) atoms. The Bertz CT molecular complexity index is 673.